The number of halogens is 1. The molecule has 0 aromatic heterocycles. The van der Waals surface area contributed by atoms with Gasteiger partial charge in [-0.25, -0.2) is 9.18 Å². The molecule has 1 fully saturated rings. The normalized spacial score (nSPS) is 24.2. The third kappa shape index (κ3) is 2.70. The first-order chi connectivity index (χ1) is 12.5. The van der Waals surface area contributed by atoms with Crippen molar-refractivity contribution in [2.75, 3.05) is 36.5 Å². The van der Waals surface area contributed by atoms with Gasteiger partial charge in [0, 0.05) is 30.8 Å². The molecule has 0 amide bonds. The second-order valence-electron chi connectivity index (χ2n) is 7.39. The molecular weight excluding hydrogens is 337 g/mol. The minimum Gasteiger partial charge on any atom is -0.475 e. The van der Waals surface area contributed by atoms with E-state index >= 15 is 4.39 Å². The summed E-state index contributed by atoms with van der Waals surface area (Å²) in [6, 6.07) is 1.49. The fourth-order valence-corrected chi connectivity index (χ4v) is 4.36. The fraction of sp³-hybridized carbons (Fsp3) is 0.526. The van der Waals surface area contributed by atoms with Gasteiger partial charge in [-0.15, -0.1) is 0 Å². The van der Waals surface area contributed by atoms with Crippen LogP contribution in [0.4, 0.5) is 15.8 Å². The molecule has 3 aliphatic heterocycles. The quantitative estimate of drug-likeness (QED) is 0.858. The number of nitrogens with zero attached hydrogens (tertiary/aromatic N) is 2. The summed E-state index contributed by atoms with van der Waals surface area (Å²) in [5.41, 5.74) is 2.42. The second kappa shape index (κ2) is 6.46. The van der Waals surface area contributed by atoms with Crippen molar-refractivity contribution >= 4 is 17.3 Å². The van der Waals surface area contributed by atoms with Crippen molar-refractivity contribution in [3.05, 3.63) is 29.4 Å². The lowest BCUT2D eigenvalue weighted by molar-refractivity contribution is -0.135. The lowest BCUT2D eigenvalue weighted by atomic mass is 9.93. The Balaban J connectivity index is 1.77. The van der Waals surface area contributed by atoms with Gasteiger partial charge in [0.2, 0.25) is 5.76 Å². The Bertz CT molecular complexity index is 780. The van der Waals surface area contributed by atoms with Gasteiger partial charge in [0.15, 0.2) is 11.6 Å². The third-order valence-corrected chi connectivity index (χ3v) is 5.62. The van der Waals surface area contributed by atoms with Crippen LogP contribution < -0.4 is 19.9 Å². The number of aliphatic carboxylic acids is 1. The molecule has 6 nitrogen and oxygen atoms in total. The predicted molar refractivity (Wildman–Crippen MR) is 97.3 cm³/mol. The van der Waals surface area contributed by atoms with Crippen LogP contribution in [0.25, 0.3) is 0 Å². The van der Waals surface area contributed by atoms with Crippen molar-refractivity contribution in [2.45, 2.75) is 32.2 Å². The Morgan fingerprint density at radius 2 is 2.23 bits per heavy atom. The van der Waals surface area contributed by atoms with Gasteiger partial charge in [0.05, 0.1) is 17.6 Å². The minimum atomic E-state index is -1.14. The number of hydrogen-bond acceptors (Lipinski definition) is 5. The van der Waals surface area contributed by atoms with E-state index in [2.05, 4.69) is 17.1 Å². The topological polar surface area (TPSA) is 65.0 Å². The lowest BCUT2D eigenvalue weighted by Crippen LogP contribution is -2.38. The van der Waals surface area contributed by atoms with E-state index in [0.29, 0.717) is 17.4 Å². The Morgan fingerprint density at radius 3 is 2.96 bits per heavy atom. The van der Waals surface area contributed by atoms with Crippen LogP contribution in [0.3, 0.4) is 0 Å². The first-order valence-corrected chi connectivity index (χ1v) is 9.15. The molecular formula is C19H24FN3O3. The van der Waals surface area contributed by atoms with Gasteiger partial charge in [0.1, 0.15) is 0 Å². The first-order valence-electron chi connectivity index (χ1n) is 9.15. The van der Waals surface area contributed by atoms with Crippen molar-refractivity contribution in [1.29, 1.82) is 0 Å². The number of benzene rings is 1. The van der Waals surface area contributed by atoms with E-state index in [1.807, 2.05) is 11.9 Å². The van der Waals surface area contributed by atoms with Gasteiger partial charge < -0.3 is 25.0 Å². The van der Waals surface area contributed by atoms with Gasteiger partial charge in [-0.3, -0.25) is 0 Å². The van der Waals surface area contributed by atoms with Crippen molar-refractivity contribution in [1.82, 2.24) is 5.32 Å². The minimum absolute atomic E-state index is 0.147. The largest absolute Gasteiger partial charge is 0.475 e. The number of anilines is 2. The Labute approximate surface area is 152 Å². The summed E-state index contributed by atoms with van der Waals surface area (Å²) in [4.78, 5) is 15.4. The van der Waals surface area contributed by atoms with E-state index in [4.69, 9.17) is 4.74 Å². The van der Waals surface area contributed by atoms with Crippen LogP contribution in [0.1, 0.15) is 25.3 Å². The standard InChI is InChI=1S/C19H24FN3O3/c1-11-3-4-13-17(22-6-5-12(9-22)8-21-2)14(20)7-15-18(13)23(11)10-16(26-15)19(24)25/h7,10-12,21H,3-6,8-9H2,1-2H3,(H,24,25). The summed E-state index contributed by atoms with van der Waals surface area (Å²) >= 11 is 0. The van der Waals surface area contributed by atoms with Crippen molar-refractivity contribution in [3.8, 4) is 5.75 Å². The van der Waals surface area contributed by atoms with E-state index < -0.39 is 5.97 Å². The molecule has 0 saturated carbocycles. The fourth-order valence-electron chi connectivity index (χ4n) is 4.36. The first kappa shape index (κ1) is 17.1. The molecule has 1 saturated heterocycles. The maximum atomic E-state index is 15.0. The van der Waals surface area contributed by atoms with Crippen LogP contribution >= 0.6 is 0 Å². The molecule has 7 heteroatoms. The number of ether oxygens (including phenoxy) is 1. The molecule has 3 aliphatic rings. The molecule has 26 heavy (non-hydrogen) atoms. The summed E-state index contributed by atoms with van der Waals surface area (Å²) < 4.78 is 20.5. The SMILES string of the molecule is CNCC1CCN(c2c(F)cc3c4c2CCC(C)N4C=C(C(=O)O)O3)C1. The highest BCUT2D eigenvalue weighted by Crippen LogP contribution is 2.48. The molecule has 1 aromatic carbocycles. The smallest absolute Gasteiger partial charge is 0.373 e. The number of hydrogen-bond donors (Lipinski definition) is 2. The summed E-state index contributed by atoms with van der Waals surface area (Å²) in [6.07, 6.45) is 4.18. The van der Waals surface area contributed by atoms with Crippen molar-refractivity contribution < 1.29 is 19.0 Å². The maximum Gasteiger partial charge on any atom is 0.373 e. The van der Waals surface area contributed by atoms with Gasteiger partial charge in [-0.1, -0.05) is 0 Å². The molecule has 2 N–H and O–H groups in total. The highest BCUT2D eigenvalue weighted by molar-refractivity contribution is 5.89. The number of carboxylic acids is 1. The monoisotopic (exact) mass is 361 g/mol. The molecule has 140 valence electrons. The highest BCUT2D eigenvalue weighted by atomic mass is 19.1. The van der Waals surface area contributed by atoms with E-state index in [0.717, 1.165) is 50.1 Å². The zero-order valence-corrected chi connectivity index (χ0v) is 15.1. The van der Waals surface area contributed by atoms with E-state index in [1.54, 1.807) is 0 Å². The number of rotatable bonds is 4. The number of nitrogens with one attached hydrogen (secondary N) is 1. The zero-order valence-electron chi connectivity index (χ0n) is 15.1. The summed E-state index contributed by atoms with van der Waals surface area (Å²) in [7, 11) is 1.94. The lowest BCUT2D eigenvalue weighted by Gasteiger charge is -2.40. The average molecular weight is 361 g/mol. The number of carbonyl (C=O) groups is 1. The zero-order chi connectivity index (χ0) is 18.4. The van der Waals surface area contributed by atoms with Gasteiger partial charge >= 0.3 is 5.97 Å². The van der Waals surface area contributed by atoms with Crippen LogP contribution in [0.2, 0.25) is 0 Å². The van der Waals surface area contributed by atoms with E-state index in [1.165, 1.54) is 12.3 Å². The molecule has 3 heterocycles. The molecule has 2 unspecified atom stereocenters. The van der Waals surface area contributed by atoms with Crippen molar-refractivity contribution in [2.24, 2.45) is 5.92 Å². The molecule has 1 aromatic rings. The van der Waals surface area contributed by atoms with Crippen LogP contribution in [0.5, 0.6) is 5.75 Å². The maximum absolute atomic E-state index is 15.0. The van der Waals surface area contributed by atoms with E-state index in [9.17, 15) is 9.90 Å². The van der Waals surface area contributed by atoms with Crippen LogP contribution in [0.15, 0.2) is 18.0 Å². The van der Waals surface area contributed by atoms with Crippen LogP contribution in [-0.4, -0.2) is 43.8 Å². The third-order valence-electron chi connectivity index (χ3n) is 5.62. The summed E-state index contributed by atoms with van der Waals surface area (Å²) in [5, 5.41) is 12.5. The Morgan fingerprint density at radius 1 is 1.42 bits per heavy atom. The molecule has 0 radical (unpaired) electrons. The van der Waals surface area contributed by atoms with Crippen LogP contribution in [0, 0.1) is 11.7 Å². The van der Waals surface area contributed by atoms with Gasteiger partial charge in [-0.2, -0.15) is 0 Å². The highest BCUT2D eigenvalue weighted by Gasteiger charge is 2.37. The molecule has 2 atom stereocenters. The molecule has 0 spiro atoms. The average Bonchev–Trinajstić information content (AvgIpc) is 3.05. The Kier molecular flexibility index (Phi) is 4.26. The summed E-state index contributed by atoms with van der Waals surface area (Å²) in [6.45, 7) is 4.64. The van der Waals surface area contributed by atoms with Crippen LogP contribution in [-0.2, 0) is 11.2 Å². The van der Waals surface area contributed by atoms with Crippen molar-refractivity contribution in [3.63, 3.8) is 0 Å². The second-order valence-corrected chi connectivity index (χ2v) is 7.39. The van der Waals surface area contributed by atoms with Gasteiger partial charge in [0.25, 0.3) is 0 Å². The number of carboxylic acid groups (broad SMARTS) is 1. The molecule has 0 aliphatic carbocycles. The van der Waals surface area contributed by atoms with Gasteiger partial charge in [-0.05, 0) is 45.7 Å². The molecule has 4 rings (SSSR count). The summed E-state index contributed by atoms with van der Waals surface area (Å²) in [5.74, 6) is -0.826. The van der Waals surface area contributed by atoms with E-state index in [-0.39, 0.29) is 17.6 Å². The molecule has 0 bridgehead atoms. The Hall–Kier alpha value is -2.28. The predicted octanol–water partition coefficient (Wildman–Crippen LogP) is 2.33.